The molecular weight excluding hydrogens is 280 g/mol. The number of carbonyl (C=O) groups excluding carboxylic acids is 1. The number of rotatable bonds is 5. The Balaban J connectivity index is 2.11. The SMILES string of the molecule is CCOC(=O)c1ccc(N=Cc2ccc(N)c(OC)c2)cc1. The molecule has 0 saturated heterocycles. The van der Waals surface area contributed by atoms with Crippen molar-refractivity contribution in [1.82, 2.24) is 0 Å². The van der Waals surface area contributed by atoms with Crippen molar-refractivity contribution in [2.75, 3.05) is 19.5 Å². The summed E-state index contributed by atoms with van der Waals surface area (Å²) >= 11 is 0. The van der Waals surface area contributed by atoms with Crippen LogP contribution in [0.1, 0.15) is 22.8 Å². The maximum atomic E-state index is 11.6. The first-order valence-electron chi connectivity index (χ1n) is 6.88. The van der Waals surface area contributed by atoms with E-state index in [0.29, 0.717) is 23.6 Å². The molecule has 0 amide bonds. The van der Waals surface area contributed by atoms with Crippen LogP contribution in [-0.4, -0.2) is 25.9 Å². The highest BCUT2D eigenvalue weighted by atomic mass is 16.5. The molecule has 0 fully saturated rings. The van der Waals surface area contributed by atoms with Crippen molar-refractivity contribution < 1.29 is 14.3 Å². The molecule has 114 valence electrons. The van der Waals surface area contributed by atoms with Gasteiger partial charge in [-0.15, -0.1) is 0 Å². The van der Waals surface area contributed by atoms with Gasteiger partial charge in [0.05, 0.1) is 30.7 Å². The van der Waals surface area contributed by atoms with Crippen LogP contribution in [0.3, 0.4) is 0 Å². The highest BCUT2D eigenvalue weighted by Gasteiger charge is 2.05. The molecule has 5 heteroatoms. The Bertz CT molecular complexity index is 679. The summed E-state index contributed by atoms with van der Waals surface area (Å²) in [5.74, 6) is 0.280. The van der Waals surface area contributed by atoms with Crippen molar-refractivity contribution in [3.8, 4) is 5.75 Å². The van der Waals surface area contributed by atoms with Crippen LogP contribution < -0.4 is 10.5 Å². The molecule has 0 aliphatic rings. The van der Waals surface area contributed by atoms with Gasteiger partial charge in [0.25, 0.3) is 0 Å². The quantitative estimate of drug-likeness (QED) is 0.522. The molecule has 0 spiro atoms. The lowest BCUT2D eigenvalue weighted by Crippen LogP contribution is -2.03. The fourth-order valence-corrected chi connectivity index (χ4v) is 1.86. The lowest BCUT2D eigenvalue weighted by Gasteiger charge is -2.04. The third-order valence-electron chi connectivity index (χ3n) is 3.00. The zero-order valence-corrected chi connectivity index (χ0v) is 12.6. The molecule has 22 heavy (non-hydrogen) atoms. The normalized spacial score (nSPS) is 10.6. The minimum Gasteiger partial charge on any atom is -0.495 e. The lowest BCUT2D eigenvalue weighted by atomic mass is 10.2. The van der Waals surface area contributed by atoms with Gasteiger partial charge in [-0.25, -0.2) is 4.79 Å². The standard InChI is InChI=1S/C17H18N2O3/c1-3-22-17(20)13-5-7-14(8-6-13)19-11-12-4-9-15(18)16(10-12)21-2/h4-11H,3,18H2,1-2H3. The van der Waals surface area contributed by atoms with Gasteiger partial charge in [-0.1, -0.05) is 6.07 Å². The summed E-state index contributed by atoms with van der Waals surface area (Å²) in [5, 5.41) is 0. The van der Waals surface area contributed by atoms with Gasteiger partial charge in [0.2, 0.25) is 0 Å². The van der Waals surface area contributed by atoms with Crippen LogP contribution in [0.5, 0.6) is 5.75 Å². The van der Waals surface area contributed by atoms with Gasteiger partial charge in [0, 0.05) is 6.21 Å². The Labute approximate surface area is 129 Å². The number of methoxy groups -OCH3 is 1. The fourth-order valence-electron chi connectivity index (χ4n) is 1.86. The number of nitrogens with zero attached hydrogens (tertiary/aromatic N) is 1. The Morgan fingerprint density at radius 2 is 1.95 bits per heavy atom. The van der Waals surface area contributed by atoms with Gasteiger partial charge in [-0.05, 0) is 48.9 Å². The van der Waals surface area contributed by atoms with Gasteiger partial charge in [-0.2, -0.15) is 0 Å². The van der Waals surface area contributed by atoms with Crippen LogP contribution in [0.2, 0.25) is 0 Å². The molecule has 2 aromatic rings. The van der Waals surface area contributed by atoms with Gasteiger partial charge in [0.1, 0.15) is 5.75 Å². The minimum atomic E-state index is -0.332. The van der Waals surface area contributed by atoms with E-state index < -0.39 is 0 Å². The summed E-state index contributed by atoms with van der Waals surface area (Å²) in [7, 11) is 1.57. The van der Waals surface area contributed by atoms with E-state index >= 15 is 0 Å². The van der Waals surface area contributed by atoms with Crippen molar-refractivity contribution in [2.45, 2.75) is 6.92 Å². The summed E-state index contributed by atoms with van der Waals surface area (Å²) in [4.78, 5) is 15.9. The van der Waals surface area contributed by atoms with Gasteiger partial charge in [-0.3, -0.25) is 4.99 Å². The number of hydrogen-bond donors (Lipinski definition) is 1. The van der Waals surface area contributed by atoms with E-state index in [4.69, 9.17) is 15.2 Å². The van der Waals surface area contributed by atoms with Crippen LogP contribution in [-0.2, 0) is 4.74 Å². The van der Waals surface area contributed by atoms with E-state index in [1.807, 2.05) is 12.1 Å². The zero-order valence-electron chi connectivity index (χ0n) is 12.6. The third kappa shape index (κ3) is 3.85. The van der Waals surface area contributed by atoms with E-state index in [1.54, 1.807) is 50.6 Å². The molecule has 0 saturated carbocycles. The highest BCUT2D eigenvalue weighted by molar-refractivity contribution is 5.90. The van der Waals surface area contributed by atoms with Crippen molar-refractivity contribution in [3.05, 3.63) is 53.6 Å². The second-order valence-electron chi connectivity index (χ2n) is 4.53. The number of ether oxygens (including phenoxy) is 2. The summed E-state index contributed by atoms with van der Waals surface area (Å²) in [5.41, 5.74) is 8.47. The molecule has 2 rings (SSSR count). The van der Waals surface area contributed by atoms with Crippen LogP contribution >= 0.6 is 0 Å². The van der Waals surface area contributed by atoms with Gasteiger partial charge >= 0.3 is 5.97 Å². The highest BCUT2D eigenvalue weighted by Crippen LogP contribution is 2.22. The Morgan fingerprint density at radius 3 is 2.59 bits per heavy atom. The molecule has 2 N–H and O–H groups in total. The second-order valence-corrected chi connectivity index (χ2v) is 4.53. The number of carbonyl (C=O) groups is 1. The van der Waals surface area contributed by atoms with Crippen molar-refractivity contribution in [2.24, 2.45) is 4.99 Å². The largest absolute Gasteiger partial charge is 0.495 e. The number of aliphatic imine (C=N–C) groups is 1. The summed E-state index contributed by atoms with van der Waals surface area (Å²) < 4.78 is 10.1. The molecule has 0 bridgehead atoms. The van der Waals surface area contributed by atoms with E-state index in [9.17, 15) is 4.79 Å². The molecule has 0 atom stereocenters. The van der Waals surface area contributed by atoms with E-state index in [0.717, 1.165) is 11.3 Å². The Hall–Kier alpha value is -2.82. The van der Waals surface area contributed by atoms with Crippen LogP contribution in [0, 0.1) is 0 Å². The second kappa shape index (κ2) is 7.26. The molecule has 0 unspecified atom stereocenters. The first-order valence-corrected chi connectivity index (χ1v) is 6.88. The summed E-state index contributed by atoms with van der Waals surface area (Å²) in [6.45, 7) is 2.13. The molecule has 0 aliphatic heterocycles. The molecule has 0 aliphatic carbocycles. The van der Waals surface area contributed by atoms with Crippen LogP contribution in [0.25, 0.3) is 0 Å². The van der Waals surface area contributed by atoms with Gasteiger partial charge in [0.15, 0.2) is 0 Å². The average Bonchev–Trinajstić information content (AvgIpc) is 2.55. The number of benzene rings is 2. The van der Waals surface area contributed by atoms with Crippen LogP contribution in [0.15, 0.2) is 47.5 Å². The molecule has 0 radical (unpaired) electrons. The van der Waals surface area contributed by atoms with Gasteiger partial charge < -0.3 is 15.2 Å². The molecule has 2 aromatic carbocycles. The molecule has 5 nitrogen and oxygen atoms in total. The minimum absolute atomic E-state index is 0.332. The van der Waals surface area contributed by atoms with E-state index in [2.05, 4.69) is 4.99 Å². The maximum absolute atomic E-state index is 11.6. The van der Waals surface area contributed by atoms with E-state index in [-0.39, 0.29) is 5.97 Å². The molecule has 0 heterocycles. The third-order valence-corrected chi connectivity index (χ3v) is 3.00. The predicted octanol–water partition coefficient (Wildman–Crippen LogP) is 3.20. The predicted molar refractivity (Wildman–Crippen MR) is 87.1 cm³/mol. The number of nitrogens with two attached hydrogens (primary N) is 1. The van der Waals surface area contributed by atoms with Crippen molar-refractivity contribution in [3.63, 3.8) is 0 Å². The molecule has 0 aromatic heterocycles. The zero-order chi connectivity index (χ0) is 15.9. The maximum Gasteiger partial charge on any atom is 0.338 e. The Morgan fingerprint density at radius 1 is 1.23 bits per heavy atom. The summed E-state index contributed by atoms with van der Waals surface area (Å²) in [6, 6.07) is 12.3. The average molecular weight is 298 g/mol. The fraction of sp³-hybridized carbons (Fsp3) is 0.176. The number of hydrogen-bond acceptors (Lipinski definition) is 5. The van der Waals surface area contributed by atoms with Crippen molar-refractivity contribution >= 4 is 23.6 Å². The topological polar surface area (TPSA) is 73.9 Å². The van der Waals surface area contributed by atoms with E-state index in [1.165, 1.54) is 0 Å². The van der Waals surface area contributed by atoms with Crippen LogP contribution in [0.4, 0.5) is 11.4 Å². The van der Waals surface area contributed by atoms with Crippen molar-refractivity contribution in [1.29, 1.82) is 0 Å². The monoisotopic (exact) mass is 298 g/mol. The Kier molecular flexibility index (Phi) is 5.14. The molecular formula is C17H18N2O3. The summed E-state index contributed by atoms with van der Waals surface area (Å²) in [6.07, 6.45) is 1.71. The number of esters is 1. The first kappa shape index (κ1) is 15.6. The number of nitrogen functional groups attached to an aromatic ring is 1. The first-order chi connectivity index (χ1) is 10.6. The smallest absolute Gasteiger partial charge is 0.338 e. The number of anilines is 1. The lowest BCUT2D eigenvalue weighted by molar-refractivity contribution is 0.0526.